The highest BCUT2D eigenvalue weighted by Gasteiger charge is 2.26. The summed E-state index contributed by atoms with van der Waals surface area (Å²) in [5.41, 5.74) is 0. The van der Waals surface area contributed by atoms with E-state index in [4.69, 9.17) is 0 Å². The third-order valence-electron chi connectivity index (χ3n) is 1.74. The van der Waals surface area contributed by atoms with Crippen molar-refractivity contribution < 1.29 is 13.2 Å². The minimum atomic E-state index is -4.12. The molecule has 0 spiro atoms. The van der Waals surface area contributed by atoms with Crippen LogP contribution in [0.2, 0.25) is 0 Å². The molecule has 0 heterocycles. The molecule has 7 heteroatoms. The summed E-state index contributed by atoms with van der Waals surface area (Å²) < 4.78 is 35.6. The SMILES string of the molecule is CN=C(NCCCSC)NCCC(F)(F)F. The molecule has 0 fully saturated rings. The van der Waals surface area contributed by atoms with Gasteiger partial charge in [0.25, 0.3) is 0 Å². The highest BCUT2D eigenvalue weighted by molar-refractivity contribution is 7.98. The quantitative estimate of drug-likeness (QED) is 0.433. The Kier molecular flexibility index (Phi) is 8.23. The summed E-state index contributed by atoms with van der Waals surface area (Å²) in [6.07, 6.45) is -2.00. The predicted octanol–water partition coefficient (Wildman–Crippen LogP) is 1.86. The van der Waals surface area contributed by atoms with Crippen molar-refractivity contribution in [1.29, 1.82) is 0 Å². The number of guanidine groups is 1. The maximum Gasteiger partial charge on any atom is 0.390 e. The Balaban J connectivity index is 3.61. The van der Waals surface area contributed by atoms with Crippen molar-refractivity contribution in [2.75, 3.05) is 32.1 Å². The molecular formula is C9H18F3N3S. The van der Waals surface area contributed by atoms with Crippen LogP contribution in [0, 0.1) is 0 Å². The normalized spacial score (nSPS) is 12.7. The van der Waals surface area contributed by atoms with Crippen molar-refractivity contribution >= 4 is 17.7 Å². The van der Waals surface area contributed by atoms with Gasteiger partial charge in [-0.3, -0.25) is 4.99 Å². The Morgan fingerprint density at radius 2 is 1.88 bits per heavy atom. The summed E-state index contributed by atoms with van der Waals surface area (Å²) in [7, 11) is 1.54. The van der Waals surface area contributed by atoms with E-state index in [9.17, 15) is 13.2 Å². The number of hydrogen-bond donors (Lipinski definition) is 2. The molecule has 96 valence electrons. The number of thioether (sulfide) groups is 1. The van der Waals surface area contributed by atoms with Crippen molar-refractivity contribution in [2.45, 2.75) is 19.0 Å². The molecule has 0 rings (SSSR count). The molecule has 0 aliphatic rings. The monoisotopic (exact) mass is 257 g/mol. The van der Waals surface area contributed by atoms with Crippen LogP contribution >= 0.6 is 11.8 Å². The van der Waals surface area contributed by atoms with E-state index in [-0.39, 0.29) is 6.54 Å². The summed E-state index contributed by atoms with van der Waals surface area (Å²) in [6, 6.07) is 0. The first-order chi connectivity index (χ1) is 7.49. The Morgan fingerprint density at radius 1 is 1.25 bits per heavy atom. The zero-order valence-corrected chi connectivity index (χ0v) is 10.3. The third kappa shape index (κ3) is 9.95. The molecule has 0 saturated heterocycles. The van der Waals surface area contributed by atoms with Gasteiger partial charge in [-0.05, 0) is 18.4 Å². The summed E-state index contributed by atoms with van der Waals surface area (Å²) in [5, 5.41) is 5.56. The van der Waals surface area contributed by atoms with Gasteiger partial charge in [-0.2, -0.15) is 24.9 Å². The Morgan fingerprint density at radius 3 is 2.38 bits per heavy atom. The minimum absolute atomic E-state index is 0.147. The number of nitrogens with one attached hydrogen (secondary N) is 2. The lowest BCUT2D eigenvalue weighted by Gasteiger charge is -2.12. The van der Waals surface area contributed by atoms with Crippen LogP contribution in [0.1, 0.15) is 12.8 Å². The van der Waals surface area contributed by atoms with E-state index in [1.807, 2.05) is 6.26 Å². The van der Waals surface area contributed by atoms with Crippen LogP contribution < -0.4 is 10.6 Å². The van der Waals surface area contributed by atoms with Crippen LogP contribution in [0.3, 0.4) is 0 Å². The maximum atomic E-state index is 11.9. The van der Waals surface area contributed by atoms with Crippen LogP contribution in [0.5, 0.6) is 0 Å². The van der Waals surface area contributed by atoms with Gasteiger partial charge in [0.05, 0.1) is 6.42 Å². The van der Waals surface area contributed by atoms with Gasteiger partial charge >= 0.3 is 6.18 Å². The molecular weight excluding hydrogens is 239 g/mol. The third-order valence-corrected chi connectivity index (χ3v) is 2.44. The van der Waals surface area contributed by atoms with Crippen LogP contribution in [0.15, 0.2) is 4.99 Å². The highest BCUT2D eigenvalue weighted by atomic mass is 32.2. The zero-order valence-electron chi connectivity index (χ0n) is 9.52. The smallest absolute Gasteiger partial charge is 0.356 e. The molecule has 0 aromatic carbocycles. The largest absolute Gasteiger partial charge is 0.390 e. The van der Waals surface area contributed by atoms with Crippen molar-refractivity contribution in [3.8, 4) is 0 Å². The molecule has 0 aromatic heterocycles. The summed E-state index contributed by atoms with van der Waals surface area (Å²) in [4.78, 5) is 3.83. The minimum Gasteiger partial charge on any atom is -0.356 e. The lowest BCUT2D eigenvalue weighted by molar-refractivity contribution is -0.132. The van der Waals surface area contributed by atoms with Gasteiger partial charge in [0, 0.05) is 20.1 Å². The average molecular weight is 257 g/mol. The molecule has 0 aliphatic heterocycles. The number of hydrogen-bond acceptors (Lipinski definition) is 2. The first-order valence-electron chi connectivity index (χ1n) is 5.00. The van der Waals surface area contributed by atoms with Gasteiger partial charge in [0.2, 0.25) is 0 Å². The topological polar surface area (TPSA) is 36.4 Å². The Bertz CT molecular complexity index is 207. The van der Waals surface area contributed by atoms with Gasteiger partial charge in [-0.15, -0.1) is 0 Å². The summed E-state index contributed by atoms with van der Waals surface area (Å²) >= 11 is 1.73. The second-order valence-electron chi connectivity index (χ2n) is 3.14. The number of alkyl halides is 3. The molecule has 0 aromatic rings. The molecule has 3 nitrogen and oxygen atoms in total. The molecule has 0 amide bonds. The van der Waals surface area contributed by atoms with E-state index in [2.05, 4.69) is 15.6 Å². The highest BCUT2D eigenvalue weighted by Crippen LogP contribution is 2.17. The Hall–Kier alpha value is -0.590. The lowest BCUT2D eigenvalue weighted by atomic mass is 10.4. The zero-order chi connectivity index (χ0) is 12.4. The van der Waals surface area contributed by atoms with Gasteiger partial charge < -0.3 is 10.6 Å². The molecule has 16 heavy (non-hydrogen) atoms. The second-order valence-corrected chi connectivity index (χ2v) is 4.12. The van der Waals surface area contributed by atoms with Crippen LogP contribution in [0.25, 0.3) is 0 Å². The molecule has 0 unspecified atom stereocenters. The van der Waals surface area contributed by atoms with Crippen molar-refractivity contribution in [3.05, 3.63) is 0 Å². The van der Waals surface area contributed by atoms with Gasteiger partial charge in [0.1, 0.15) is 0 Å². The molecule has 0 radical (unpaired) electrons. The average Bonchev–Trinajstić information content (AvgIpc) is 2.20. The first-order valence-corrected chi connectivity index (χ1v) is 6.39. The fraction of sp³-hybridized carbons (Fsp3) is 0.889. The van der Waals surface area contributed by atoms with Crippen molar-refractivity contribution in [1.82, 2.24) is 10.6 Å². The van der Waals surface area contributed by atoms with E-state index in [1.54, 1.807) is 11.8 Å². The number of halogens is 3. The standard InChI is InChI=1S/C9H18F3N3S/c1-13-8(14-5-3-7-16-2)15-6-4-9(10,11)12/h3-7H2,1-2H3,(H2,13,14,15). The second kappa shape index (κ2) is 8.55. The fourth-order valence-electron chi connectivity index (χ4n) is 0.967. The van der Waals surface area contributed by atoms with E-state index in [0.29, 0.717) is 12.5 Å². The van der Waals surface area contributed by atoms with Crippen LogP contribution in [-0.4, -0.2) is 44.3 Å². The van der Waals surface area contributed by atoms with Crippen molar-refractivity contribution in [2.24, 2.45) is 4.99 Å². The van der Waals surface area contributed by atoms with Crippen LogP contribution in [-0.2, 0) is 0 Å². The van der Waals surface area contributed by atoms with Crippen molar-refractivity contribution in [3.63, 3.8) is 0 Å². The van der Waals surface area contributed by atoms with Gasteiger partial charge in [0.15, 0.2) is 5.96 Å². The number of rotatable bonds is 6. The van der Waals surface area contributed by atoms with E-state index >= 15 is 0 Å². The number of aliphatic imine (C=N–C) groups is 1. The van der Waals surface area contributed by atoms with E-state index in [1.165, 1.54) is 7.05 Å². The maximum absolute atomic E-state index is 11.9. The molecule has 0 atom stereocenters. The Labute approximate surface area is 98.3 Å². The predicted molar refractivity (Wildman–Crippen MR) is 63.0 cm³/mol. The van der Waals surface area contributed by atoms with Gasteiger partial charge in [-0.25, -0.2) is 0 Å². The lowest BCUT2D eigenvalue weighted by Crippen LogP contribution is -2.39. The summed E-state index contributed by atoms with van der Waals surface area (Å²) in [6.45, 7) is 0.568. The van der Waals surface area contributed by atoms with Gasteiger partial charge in [-0.1, -0.05) is 0 Å². The molecule has 0 saturated carbocycles. The van der Waals surface area contributed by atoms with Crippen LogP contribution in [0.4, 0.5) is 13.2 Å². The van der Waals surface area contributed by atoms with E-state index < -0.39 is 12.6 Å². The van der Waals surface area contributed by atoms with E-state index in [0.717, 1.165) is 12.2 Å². The molecule has 2 N–H and O–H groups in total. The first kappa shape index (κ1) is 15.4. The molecule has 0 bridgehead atoms. The number of nitrogens with zero attached hydrogens (tertiary/aromatic N) is 1. The molecule has 0 aliphatic carbocycles. The fourth-order valence-corrected chi connectivity index (χ4v) is 1.40. The summed E-state index contributed by atoms with van der Waals surface area (Å²) in [5.74, 6) is 1.44.